The van der Waals surface area contributed by atoms with Gasteiger partial charge in [-0.05, 0) is 53.6 Å². The van der Waals surface area contributed by atoms with Gasteiger partial charge in [-0.25, -0.2) is 9.97 Å². The Hall–Kier alpha value is -4.72. The molecule has 5 rings (SSSR count). The van der Waals surface area contributed by atoms with Crippen LogP contribution in [-0.2, 0) is 25.8 Å². The molecular formula is C32H31N4O4-. The van der Waals surface area contributed by atoms with Gasteiger partial charge in [-0.2, -0.15) is 5.16 Å². The van der Waals surface area contributed by atoms with E-state index in [0.29, 0.717) is 36.4 Å². The van der Waals surface area contributed by atoms with Crippen LogP contribution in [-0.4, -0.2) is 19.7 Å². The Labute approximate surface area is 232 Å². The highest BCUT2D eigenvalue weighted by Crippen LogP contribution is 2.31. The number of rotatable bonds is 10. The summed E-state index contributed by atoms with van der Waals surface area (Å²) in [5.41, 5.74) is 5.14. The van der Waals surface area contributed by atoms with Crippen molar-refractivity contribution < 1.29 is 14.4 Å². The monoisotopic (exact) mass is 535 g/mol. The Bertz CT molecular complexity index is 1650. The highest BCUT2D eigenvalue weighted by molar-refractivity contribution is 5.80. The first-order chi connectivity index (χ1) is 19.5. The van der Waals surface area contributed by atoms with Crippen LogP contribution in [0.1, 0.15) is 49.8 Å². The van der Waals surface area contributed by atoms with Gasteiger partial charge < -0.3 is 14.4 Å². The number of hydrogen-bond donors (Lipinski definition) is 0. The lowest BCUT2D eigenvalue weighted by molar-refractivity contribution is -0.303. The molecule has 2 heterocycles. The lowest BCUT2D eigenvalue weighted by Crippen LogP contribution is -2.28. The largest absolute Gasteiger partial charge is 0.528 e. The number of ether oxygens (including phenoxy) is 1. The number of aromatic nitrogens is 4. The molecule has 204 valence electrons. The van der Waals surface area contributed by atoms with E-state index in [1.54, 1.807) is 4.57 Å². The molecular weight excluding hydrogens is 504 g/mol. The zero-order valence-electron chi connectivity index (χ0n) is 22.9. The zero-order valence-corrected chi connectivity index (χ0v) is 22.9. The van der Waals surface area contributed by atoms with E-state index in [1.165, 1.54) is 5.56 Å². The van der Waals surface area contributed by atoms with E-state index in [4.69, 9.17) is 9.72 Å². The van der Waals surface area contributed by atoms with Crippen molar-refractivity contribution in [3.63, 3.8) is 0 Å². The minimum Gasteiger partial charge on any atom is -0.528 e. The van der Waals surface area contributed by atoms with E-state index in [0.717, 1.165) is 35.4 Å². The maximum Gasteiger partial charge on any atom is 0.297 e. The molecule has 5 aromatic rings. The van der Waals surface area contributed by atoms with Crippen LogP contribution in [0, 0.1) is 0 Å². The Morgan fingerprint density at radius 2 is 1.55 bits per heavy atom. The summed E-state index contributed by atoms with van der Waals surface area (Å²) in [4.78, 5) is 22.5. The number of aryl methyl sites for hydroxylation is 3. The third-order valence-electron chi connectivity index (χ3n) is 6.82. The third-order valence-corrected chi connectivity index (χ3v) is 6.82. The summed E-state index contributed by atoms with van der Waals surface area (Å²) in [7, 11) is 0. The summed E-state index contributed by atoms with van der Waals surface area (Å²) in [6.07, 6.45) is 2.36. The molecule has 40 heavy (non-hydrogen) atoms. The van der Waals surface area contributed by atoms with E-state index < -0.39 is 6.08 Å². The molecule has 0 saturated heterocycles. The van der Waals surface area contributed by atoms with Crippen LogP contribution in [0.2, 0.25) is 0 Å². The summed E-state index contributed by atoms with van der Waals surface area (Å²) in [6, 6.07) is 23.3. The summed E-state index contributed by atoms with van der Waals surface area (Å²) < 4.78 is 12.5. The Morgan fingerprint density at radius 1 is 0.850 bits per heavy atom. The molecule has 8 nitrogen and oxygen atoms in total. The number of benzene rings is 3. The Morgan fingerprint density at radius 3 is 2.17 bits per heavy atom. The fourth-order valence-electron chi connectivity index (χ4n) is 4.68. The van der Waals surface area contributed by atoms with Gasteiger partial charge in [-0.3, -0.25) is 9.36 Å². The first-order valence-electron chi connectivity index (χ1n) is 13.6. The molecule has 0 saturated carbocycles. The van der Waals surface area contributed by atoms with Crippen LogP contribution in [0.25, 0.3) is 22.5 Å². The summed E-state index contributed by atoms with van der Waals surface area (Å²) in [6.45, 7) is 6.52. The molecule has 2 aromatic heterocycles. The second-order valence-electron chi connectivity index (χ2n) is 9.52. The fraction of sp³-hybridized carbons (Fsp3) is 0.250. The van der Waals surface area contributed by atoms with Crippen molar-refractivity contribution in [1.29, 1.82) is 0 Å². The molecule has 3 aromatic carbocycles. The molecule has 0 amide bonds. The van der Waals surface area contributed by atoms with Crippen molar-refractivity contribution in [2.75, 3.05) is 0 Å². The van der Waals surface area contributed by atoms with Gasteiger partial charge in [-0.1, -0.05) is 81.4 Å². The van der Waals surface area contributed by atoms with Gasteiger partial charge in [0.2, 0.25) is 5.75 Å². The Kier molecular flexibility index (Phi) is 8.05. The van der Waals surface area contributed by atoms with E-state index in [9.17, 15) is 9.90 Å². The quantitative estimate of drug-likeness (QED) is 0.217. The van der Waals surface area contributed by atoms with Crippen molar-refractivity contribution in [2.24, 2.45) is 0 Å². The standard InChI is InChI=1S/C32H32N4O4/c1-4-9-28-33-27(6-3)29(39-24-18-14-21(5-2)15-19-24)31(37)36(28)20-22-12-16-23(17-13-22)25-10-7-8-11-26(25)30-34-32(38)40-35-30/h7-8,10-19H,4-6,9,20H2,1-3H3,(H,34,35,38)/p-1. The maximum absolute atomic E-state index is 13.8. The summed E-state index contributed by atoms with van der Waals surface area (Å²) in [5, 5.41) is 15.2. The molecule has 0 aliphatic rings. The first-order valence-corrected chi connectivity index (χ1v) is 13.6. The van der Waals surface area contributed by atoms with Crippen LogP contribution in [0.15, 0.2) is 82.1 Å². The molecule has 0 unspecified atom stereocenters. The van der Waals surface area contributed by atoms with Crippen molar-refractivity contribution in [2.45, 2.75) is 53.0 Å². The first kappa shape index (κ1) is 26.9. The van der Waals surface area contributed by atoms with Crippen molar-refractivity contribution in [3.05, 3.63) is 106 Å². The SMILES string of the molecule is CCCc1nc(CC)c(Oc2ccc(CC)cc2)c(=O)n1Cc1ccc(-c2ccccc2-c2noc([O-])n2)cc1. The third kappa shape index (κ3) is 5.66. The lowest BCUT2D eigenvalue weighted by atomic mass is 9.98. The molecule has 0 N–H and O–H groups in total. The molecule has 0 spiro atoms. The van der Waals surface area contributed by atoms with Gasteiger partial charge >= 0.3 is 0 Å². The second kappa shape index (κ2) is 12.0. The topological polar surface area (TPSA) is 106 Å². The summed E-state index contributed by atoms with van der Waals surface area (Å²) in [5.74, 6) is 1.89. The predicted molar refractivity (Wildman–Crippen MR) is 151 cm³/mol. The van der Waals surface area contributed by atoms with Crippen LogP contribution in [0.4, 0.5) is 0 Å². The molecule has 0 atom stereocenters. The van der Waals surface area contributed by atoms with Crippen LogP contribution in [0.5, 0.6) is 17.6 Å². The highest BCUT2D eigenvalue weighted by atomic mass is 16.6. The van der Waals surface area contributed by atoms with E-state index in [2.05, 4.69) is 28.5 Å². The van der Waals surface area contributed by atoms with Gasteiger partial charge in [0.25, 0.3) is 5.56 Å². The smallest absolute Gasteiger partial charge is 0.297 e. The van der Waals surface area contributed by atoms with Gasteiger partial charge in [0.05, 0.1) is 12.2 Å². The second-order valence-corrected chi connectivity index (χ2v) is 9.52. The molecule has 0 fully saturated rings. The lowest BCUT2D eigenvalue weighted by Gasteiger charge is -2.17. The molecule has 0 radical (unpaired) electrons. The average molecular weight is 536 g/mol. The molecule has 0 bridgehead atoms. The van der Waals surface area contributed by atoms with Crippen molar-refractivity contribution in [1.82, 2.24) is 19.7 Å². The van der Waals surface area contributed by atoms with Gasteiger partial charge in [0.1, 0.15) is 11.6 Å². The van der Waals surface area contributed by atoms with Crippen LogP contribution in [0.3, 0.4) is 0 Å². The van der Waals surface area contributed by atoms with Gasteiger partial charge in [-0.15, -0.1) is 0 Å². The van der Waals surface area contributed by atoms with E-state index in [-0.39, 0.29) is 17.1 Å². The van der Waals surface area contributed by atoms with Gasteiger partial charge in [0, 0.05) is 12.0 Å². The minimum atomic E-state index is -0.725. The zero-order chi connectivity index (χ0) is 28.1. The minimum absolute atomic E-state index is 0.185. The predicted octanol–water partition coefficient (Wildman–Crippen LogP) is 5.95. The number of hydrogen-bond acceptors (Lipinski definition) is 7. The molecule has 0 aliphatic heterocycles. The van der Waals surface area contributed by atoms with Gasteiger partial charge in [0.15, 0.2) is 11.9 Å². The fourth-order valence-corrected chi connectivity index (χ4v) is 4.68. The van der Waals surface area contributed by atoms with Crippen LogP contribution < -0.4 is 15.4 Å². The number of nitrogens with zero attached hydrogens (tertiary/aromatic N) is 4. The molecule has 0 aliphatic carbocycles. The summed E-state index contributed by atoms with van der Waals surface area (Å²) >= 11 is 0. The highest BCUT2D eigenvalue weighted by Gasteiger charge is 2.18. The molecule has 8 heteroatoms. The normalized spacial score (nSPS) is 11.1. The van der Waals surface area contributed by atoms with Crippen molar-refractivity contribution >= 4 is 0 Å². The van der Waals surface area contributed by atoms with E-state index in [1.807, 2.05) is 79.7 Å². The van der Waals surface area contributed by atoms with Crippen LogP contribution >= 0.6 is 0 Å². The maximum atomic E-state index is 13.8. The Balaban J connectivity index is 1.48. The van der Waals surface area contributed by atoms with Crippen molar-refractivity contribution in [3.8, 4) is 40.1 Å². The van der Waals surface area contributed by atoms with E-state index >= 15 is 0 Å². The average Bonchev–Trinajstić information content (AvgIpc) is 3.43.